The van der Waals surface area contributed by atoms with Crippen LogP contribution in [0.25, 0.3) is 0 Å². The molecule has 1 saturated heterocycles. The van der Waals surface area contributed by atoms with Crippen LogP contribution in [0.4, 0.5) is 0 Å². The minimum atomic E-state index is -0.403. The SMILES string of the molecule is COc1ccc(C)cc1COC(=O)COc1ccc(C2SCCS2)cc1. The quantitative estimate of drug-likeness (QED) is 0.644. The molecule has 0 bridgehead atoms. The summed E-state index contributed by atoms with van der Waals surface area (Å²) in [4.78, 5) is 12.0. The van der Waals surface area contributed by atoms with Crippen LogP contribution >= 0.6 is 23.5 Å². The van der Waals surface area contributed by atoms with Gasteiger partial charge in [-0.25, -0.2) is 4.79 Å². The molecular formula is C20H22O4S2. The molecule has 1 fully saturated rings. The van der Waals surface area contributed by atoms with Gasteiger partial charge in [0.25, 0.3) is 0 Å². The maximum Gasteiger partial charge on any atom is 0.344 e. The molecule has 4 nitrogen and oxygen atoms in total. The van der Waals surface area contributed by atoms with E-state index in [0.717, 1.165) is 11.1 Å². The van der Waals surface area contributed by atoms with Gasteiger partial charge in [0.15, 0.2) is 6.61 Å². The summed E-state index contributed by atoms with van der Waals surface area (Å²) in [6.07, 6.45) is 0. The predicted molar refractivity (Wildman–Crippen MR) is 107 cm³/mol. The molecule has 0 spiro atoms. The minimum absolute atomic E-state index is 0.111. The van der Waals surface area contributed by atoms with Gasteiger partial charge in [-0.05, 0) is 36.8 Å². The van der Waals surface area contributed by atoms with Crippen molar-refractivity contribution in [3.05, 3.63) is 59.2 Å². The standard InChI is InChI=1S/C20H22O4S2/c1-14-3-8-18(22-2)16(11-14)12-24-19(21)13-23-17-6-4-15(5-7-17)20-25-9-10-26-20/h3-8,11,20H,9-10,12-13H2,1-2H3. The molecule has 6 heteroatoms. The van der Waals surface area contributed by atoms with E-state index in [0.29, 0.717) is 16.1 Å². The molecule has 2 aromatic rings. The Morgan fingerprint density at radius 2 is 1.85 bits per heavy atom. The summed E-state index contributed by atoms with van der Waals surface area (Å²) in [7, 11) is 1.60. The van der Waals surface area contributed by atoms with Crippen LogP contribution in [0.15, 0.2) is 42.5 Å². The van der Waals surface area contributed by atoms with Gasteiger partial charge in [-0.2, -0.15) is 0 Å². The predicted octanol–water partition coefficient (Wildman–Crippen LogP) is 4.60. The number of carbonyl (C=O) groups excluding carboxylic acids is 1. The summed E-state index contributed by atoms with van der Waals surface area (Å²) in [5.74, 6) is 3.38. The lowest BCUT2D eigenvalue weighted by molar-refractivity contribution is -0.147. The van der Waals surface area contributed by atoms with Crippen LogP contribution in [0.3, 0.4) is 0 Å². The molecule has 0 saturated carbocycles. The molecule has 2 aromatic carbocycles. The highest BCUT2D eigenvalue weighted by Gasteiger charge is 2.18. The van der Waals surface area contributed by atoms with E-state index in [-0.39, 0.29) is 13.2 Å². The van der Waals surface area contributed by atoms with Crippen molar-refractivity contribution < 1.29 is 19.0 Å². The van der Waals surface area contributed by atoms with Gasteiger partial charge in [0.1, 0.15) is 18.1 Å². The second-order valence-corrected chi connectivity index (χ2v) is 8.63. The lowest BCUT2D eigenvalue weighted by Gasteiger charge is -2.12. The van der Waals surface area contributed by atoms with Crippen LogP contribution in [0, 0.1) is 6.92 Å². The number of hydrogen-bond donors (Lipinski definition) is 0. The Morgan fingerprint density at radius 1 is 1.12 bits per heavy atom. The van der Waals surface area contributed by atoms with E-state index >= 15 is 0 Å². The zero-order chi connectivity index (χ0) is 18.4. The molecule has 0 N–H and O–H groups in total. The first-order chi connectivity index (χ1) is 12.7. The van der Waals surface area contributed by atoms with Gasteiger partial charge in [0.05, 0.1) is 11.7 Å². The van der Waals surface area contributed by atoms with E-state index in [1.165, 1.54) is 17.1 Å². The average Bonchev–Trinajstić information content (AvgIpc) is 3.20. The van der Waals surface area contributed by atoms with Gasteiger partial charge in [-0.1, -0.05) is 23.8 Å². The molecule has 0 amide bonds. The van der Waals surface area contributed by atoms with Gasteiger partial charge in [0, 0.05) is 17.1 Å². The van der Waals surface area contributed by atoms with Crippen molar-refractivity contribution in [3.63, 3.8) is 0 Å². The number of rotatable bonds is 7. The van der Waals surface area contributed by atoms with E-state index in [1.807, 2.05) is 60.8 Å². The summed E-state index contributed by atoms with van der Waals surface area (Å²) >= 11 is 3.93. The minimum Gasteiger partial charge on any atom is -0.496 e. The van der Waals surface area contributed by atoms with E-state index in [4.69, 9.17) is 14.2 Å². The topological polar surface area (TPSA) is 44.8 Å². The van der Waals surface area contributed by atoms with Gasteiger partial charge in [-0.3, -0.25) is 0 Å². The molecule has 1 aliphatic heterocycles. The fraction of sp³-hybridized carbons (Fsp3) is 0.350. The van der Waals surface area contributed by atoms with E-state index in [1.54, 1.807) is 7.11 Å². The van der Waals surface area contributed by atoms with Crippen LogP contribution < -0.4 is 9.47 Å². The highest BCUT2D eigenvalue weighted by atomic mass is 32.2. The van der Waals surface area contributed by atoms with Crippen molar-refractivity contribution in [2.75, 3.05) is 25.2 Å². The summed E-state index contributed by atoms with van der Waals surface area (Å²) in [5, 5.41) is 0. The first-order valence-corrected chi connectivity index (χ1v) is 10.5. The maximum absolute atomic E-state index is 12.0. The van der Waals surface area contributed by atoms with Crippen LogP contribution in [-0.4, -0.2) is 31.2 Å². The number of hydrogen-bond acceptors (Lipinski definition) is 6. The van der Waals surface area contributed by atoms with Crippen LogP contribution in [0.2, 0.25) is 0 Å². The monoisotopic (exact) mass is 390 g/mol. The van der Waals surface area contributed by atoms with Crippen molar-refractivity contribution in [1.82, 2.24) is 0 Å². The Labute approximate surface area is 162 Å². The summed E-state index contributed by atoms with van der Waals surface area (Å²) in [6, 6.07) is 13.7. The van der Waals surface area contributed by atoms with Gasteiger partial charge >= 0.3 is 5.97 Å². The Balaban J connectivity index is 1.47. The average molecular weight is 391 g/mol. The number of methoxy groups -OCH3 is 1. The number of aryl methyl sites for hydroxylation is 1. The summed E-state index contributed by atoms with van der Waals surface area (Å²) in [5.41, 5.74) is 3.22. The number of esters is 1. The molecular weight excluding hydrogens is 368 g/mol. The Morgan fingerprint density at radius 3 is 2.54 bits per heavy atom. The number of carbonyl (C=O) groups is 1. The van der Waals surface area contributed by atoms with Crippen LogP contribution in [0.1, 0.15) is 21.3 Å². The Hall–Kier alpha value is -1.79. The first kappa shape index (κ1) is 19.0. The molecule has 0 atom stereocenters. The van der Waals surface area contributed by atoms with Gasteiger partial charge in [0.2, 0.25) is 0 Å². The highest BCUT2D eigenvalue weighted by Crippen LogP contribution is 2.45. The number of thioether (sulfide) groups is 2. The highest BCUT2D eigenvalue weighted by molar-refractivity contribution is 8.19. The van der Waals surface area contributed by atoms with E-state index < -0.39 is 5.97 Å². The lowest BCUT2D eigenvalue weighted by atomic mass is 10.1. The smallest absolute Gasteiger partial charge is 0.344 e. The fourth-order valence-corrected chi connectivity index (χ4v) is 5.49. The van der Waals surface area contributed by atoms with Gasteiger partial charge in [-0.15, -0.1) is 23.5 Å². The Bertz CT molecular complexity index is 740. The van der Waals surface area contributed by atoms with Crippen molar-refractivity contribution in [2.24, 2.45) is 0 Å². The molecule has 0 unspecified atom stereocenters. The summed E-state index contributed by atoms with van der Waals surface area (Å²) in [6.45, 7) is 2.04. The third-order valence-electron chi connectivity index (χ3n) is 3.96. The van der Waals surface area contributed by atoms with Crippen molar-refractivity contribution >= 4 is 29.5 Å². The zero-order valence-corrected chi connectivity index (χ0v) is 16.5. The molecule has 1 heterocycles. The number of ether oxygens (including phenoxy) is 3. The third kappa shape index (κ3) is 5.11. The summed E-state index contributed by atoms with van der Waals surface area (Å²) < 4.78 is 16.6. The van der Waals surface area contributed by atoms with Crippen LogP contribution in [0.5, 0.6) is 11.5 Å². The van der Waals surface area contributed by atoms with E-state index in [9.17, 15) is 4.79 Å². The van der Waals surface area contributed by atoms with Crippen LogP contribution in [-0.2, 0) is 16.1 Å². The van der Waals surface area contributed by atoms with Gasteiger partial charge < -0.3 is 14.2 Å². The molecule has 0 radical (unpaired) electrons. The second kappa shape index (κ2) is 9.24. The molecule has 0 aliphatic carbocycles. The van der Waals surface area contributed by atoms with E-state index in [2.05, 4.69) is 12.1 Å². The normalized spacial score (nSPS) is 14.2. The lowest BCUT2D eigenvalue weighted by Crippen LogP contribution is -2.15. The molecule has 26 heavy (non-hydrogen) atoms. The van der Waals surface area contributed by atoms with Crippen molar-refractivity contribution in [3.8, 4) is 11.5 Å². The fourth-order valence-electron chi connectivity index (χ4n) is 2.63. The molecule has 138 valence electrons. The third-order valence-corrected chi connectivity index (χ3v) is 7.06. The zero-order valence-electron chi connectivity index (χ0n) is 14.9. The Kier molecular flexibility index (Phi) is 6.74. The molecule has 0 aromatic heterocycles. The molecule has 1 aliphatic rings. The maximum atomic E-state index is 12.0. The second-order valence-electron chi connectivity index (χ2n) is 5.91. The number of benzene rings is 2. The largest absolute Gasteiger partial charge is 0.496 e. The van der Waals surface area contributed by atoms with Crippen molar-refractivity contribution in [2.45, 2.75) is 18.1 Å². The molecule has 3 rings (SSSR count). The van der Waals surface area contributed by atoms with Crippen molar-refractivity contribution in [1.29, 1.82) is 0 Å². The first-order valence-electron chi connectivity index (χ1n) is 8.41.